The van der Waals surface area contributed by atoms with Crippen molar-refractivity contribution in [3.63, 3.8) is 0 Å². The van der Waals surface area contributed by atoms with Gasteiger partial charge in [-0.1, -0.05) is 39.3 Å². The average molecular weight is 887 g/mol. The molecule has 0 aromatic carbocycles. The van der Waals surface area contributed by atoms with Crippen LogP contribution in [-0.4, -0.2) is 186 Å². The van der Waals surface area contributed by atoms with Crippen molar-refractivity contribution in [1.82, 2.24) is 0 Å². The van der Waals surface area contributed by atoms with Gasteiger partial charge in [0.25, 0.3) is 0 Å². The summed E-state index contributed by atoms with van der Waals surface area (Å²) < 4.78 is 49.6. The zero-order valence-corrected chi connectivity index (χ0v) is 36.3. The van der Waals surface area contributed by atoms with Gasteiger partial charge in [-0.2, -0.15) is 0 Å². The van der Waals surface area contributed by atoms with Crippen LogP contribution in [0.3, 0.4) is 0 Å². The van der Waals surface area contributed by atoms with Crippen LogP contribution in [0, 0.1) is 34.5 Å². The Labute approximate surface area is 362 Å². The van der Waals surface area contributed by atoms with Crippen molar-refractivity contribution < 1.29 is 89.0 Å². The Kier molecular flexibility index (Phi) is 12.2. The minimum Gasteiger partial charge on any atom is -0.394 e. The van der Waals surface area contributed by atoms with Gasteiger partial charge < -0.3 is 89.0 Å². The van der Waals surface area contributed by atoms with Crippen LogP contribution in [0.15, 0.2) is 11.6 Å². The van der Waals surface area contributed by atoms with E-state index in [0.717, 1.165) is 18.4 Å². The zero-order valence-electron chi connectivity index (χ0n) is 36.3. The molecule has 3 saturated carbocycles. The number of allylic oxidation sites excluding steroid dienone is 1. The first-order chi connectivity index (χ1) is 29.2. The summed E-state index contributed by atoms with van der Waals surface area (Å²) in [6, 6.07) is 0. The summed E-state index contributed by atoms with van der Waals surface area (Å²) in [5.74, 6) is -0.768. The normalized spacial score (nSPS) is 58.9. The van der Waals surface area contributed by atoms with Crippen molar-refractivity contribution in [1.29, 1.82) is 0 Å². The second kappa shape index (κ2) is 16.4. The molecule has 0 bridgehead atoms. The standard InChI is InChI=1S/C44H70O18/c1-19-8-13-43(56-17-19)21(3)44(54)28(62-43)15-42(53)25-7-6-22-14-23(9-11-40(22,4)24(25)10-12-41(42,44)5)58-39-36(61-38-34(52)32(50)29(47)20(2)57-38)35(31(49)27(16-45)59-39)60-37-33(51)30(48)26(46)18-55-37/h6,19-21,23-39,45-54H,7-18H2,1-5H3/t19-,20+,21+,23+,24-,25+,26+,27+,28+,29-,30-,31+,32+,33+,34-,35+,36+,37-,38-,39-,40-,41-,42-,43-,44-/m0/s1. The fourth-order valence-electron chi connectivity index (χ4n) is 13.6. The summed E-state index contributed by atoms with van der Waals surface area (Å²) in [5, 5.41) is 111. The van der Waals surface area contributed by atoms with Crippen LogP contribution in [0.1, 0.15) is 92.4 Å². The third-order valence-electron chi connectivity index (χ3n) is 17.7. The van der Waals surface area contributed by atoms with Crippen LogP contribution >= 0.6 is 0 Å². The summed E-state index contributed by atoms with van der Waals surface area (Å²) >= 11 is 0. The molecular weight excluding hydrogens is 816 g/mol. The van der Waals surface area contributed by atoms with Crippen LogP contribution in [0.25, 0.3) is 0 Å². The van der Waals surface area contributed by atoms with Crippen molar-refractivity contribution in [3.05, 3.63) is 11.6 Å². The van der Waals surface area contributed by atoms with E-state index in [-0.39, 0.29) is 23.2 Å². The monoisotopic (exact) mass is 886 g/mol. The van der Waals surface area contributed by atoms with Crippen molar-refractivity contribution in [2.75, 3.05) is 19.8 Å². The fraction of sp³-hybridized carbons (Fsp3) is 0.955. The van der Waals surface area contributed by atoms with Gasteiger partial charge in [-0.3, -0.25) is 0 Å². The van der Waals surface area contributed by atoms with Crippen LogP contribution in [0.4, 0.5) is 0 Å². The highest BCUT2D eigenvalue weighted by molar-refractivity contribution is 5.33. The van der Waals surface area contributed by atoms with Crippen molar-refractivity contribution in [3.8, 4) is 0 Å². The summed E-state index contributed by atoms with van der Waals surface area (Å²) in [5.41, 5.74) is -2.40. The molecule has 18 heteroatoms. The highest BCUT2D eigenvalue weighted by Crippen LogP contribution is 2.73. The second-order valence-electron chi connectivity index (χ2n) is 20.9. The van der Waals surface area contributed by atoms with Crippen LogP contribution < -0.4 is 0 Å². The molecule has 0 unspecified atom stereocenters. The largest absolute Gasteiger partial charge is 0.394 e. The summed E-state index contributed by atoms with van der Waals surface area (Å²) in [6.45, 7) is 9.48. The van der Waals surface area contributed by atoms with E-state index in [9.17, 15) is 51.1 Å². The molecule has 5 heterocycles. The Morgan fingerprint density at radius 3 is 2.16 bits per heavy atom. The highest BCUT2D eigenvalue weighted by atomic mass is 16.8. The van der Waals surface area contributed by atoms with Gasteiger partial charge in [0.1, 0.15) is 66.6 Å². The van der Waals surface area contributed by atoms with Gasteiger partial charge in [-0.15, -0.1) is 0 Å². The molecule has 0 radical (unpaired) electrons. The molecule has 10 N–H and O–H groups in total. The quantitative estimate of drug-likeness (QED) is 0.139. The van der Waals surface area contributed by atoms with Gasteiger partial charge in [-0.25, -0.2) is 0 Å². The molecule has 5 saturated heterocycles. The number of aliphatic hydroxyl groups is 10. The predicted molar refractivity (Wildman–Crippen MR) is 211 cm³/mol. The van der Waals surface area contributed by atoms with E-state index < -0.39 is 134 Å². The molecular formula is C44H70O18. The van der Waals surface area contributed by atoms with Gasteiger partial charge in [0.15, 0.2) is 24.7 Å². The number of fused-ring (bicyclic) bond motifs is 7. The third kappa shape index (κ3) is 6.79. The van der Waals surface area contributed by atoms with E-state index in [2.05, 4.69) is 26.8 Å². The molecule has 0 aromatic heterocycles. The number of hydrogen-bond acceptors (Lipinski definition) is 18. The minimum absolute atomic E-state index is 0.109. The summed E-state index contributed by atoms with van der Waals surface area (Å²) in [6.07, 6.45) is -14.2. The lowest BCUT2D eigenvalue weighted by molar-refractivity contribution is -0.390. The molecule has 18 nitrogen and oxygen atoms in total. The van der Waals surface area contributed by atoms with Crippen LogP contribution in [0.2, 0.25) is 0 Å². The SMILES string of the molecule is C[C@H]1CC[C@]2(OC1)O[C@@H]1C[C@]3(O)[C@@H]4CC=C5C[C@H](O[C@H]6O[C@H](CO)[C@@H](O)[C@@H](O[C@@H]7OC[C@@H](O)[C@H](O)[C@H]7O)[C@H]6O[C@@H]6O[C@H](C)[C@H](O)[C@@H](O)[C@@H]6O)CC[C@]5(C)[C@H]4CC[C@]3(C)[C@]1(O)[C@@H]2C. The Bertz CT molecular complexity index is 1660. The van der Waals surface area contributed by atoms with Crippen molar-refractivity contribution in [2.45, 2.75) is 208 Å². The van der Waals surface area contributed by atoms with Crippen LogP contribution in [-0.2, 0) is 37.9 Å². The van der Waals surface area contributed by atoms with Gasteiger partial charge >= 0.3 is 0 Å². The molecule has 9 aliphatic rings. The first kappa shape index (κ1) is 46.1. The molecule has 4 aliphatic carbocycles. The van der Waals surface area contributed by atoms with E-state index in [1.807, 2.05) is 6.92 Å². The van der Waals surface area contributed by atoms with E-state index in [0.29, 0.717) is 57.5 Å². The number of ether oxygens (including phenoxy) is 8. The van der Waals surface area contributed by atoms with Gasteiger partial charge in [-0.05, 0) is 75.0 Å². The average Bonchev–Trinajstić information content (AvgIpc) is 3.56. The lowest BCUT2D eigenvalue weighted by Crippen LogP contribution is -2.67. The predicted octanol–water partition coefficient (Wildman–Crippen LogP) is -0.917. The smallest absolute Gasteiger partial charge is 0.187 e. The molecule has 1 spiro atoms. The van der Waals surface area contributed by atoms with E-state index in [4.69, 9.17) is 37.9 Å². The third-order valence-corrected chi connectivity index (χ3v) is 17.7. The topological polar surface area (TPSA) is 276 Å². The minimum atomic E-state index is -1.76. The Morgan fingerprint density at radius 2 is 1.45 bits per heavy atom. The number of aliphatic hydroxyl groups excluding tert-OH is 8. The van der Waals surface area contributed by atoms with E-state index in [1.165, 1.54) is 6.92 Å². The maximum absolute atomic E-state index is 13.0. The van der Waals surface area contributed by atoms with E-state index >= 15 is 0 Å². The Hall–Kier alpha value is -0.980. The molecule has 354 valence electrons. The highest BCUT2D eigenvalue weighted by Gasteiger charge is 2.81. The maximum Gasteiger partial charge on any atom is 0.187 e. The molecule has 5 aliphatic heterocycles. The summed E-state index contributed by atoms with van der Waals surface area (Å²) in [4.78, 5) is 0. The Morgan fingerprint density at radius 1 is 0.726 bits per heavy atom. The van der Waals surface area contributed by atoms with Crippen molar-refractivity contribution >= 4 is 0 Å². The van der Waals surface area contributed by atoms with Crippen LogP contribution in [0.5, 0.6) is 0 Å². The zero-order chi connectivity index (χ0) is 44.5. The van der Waals surface area contributed by atoms with E-state index in [1.54, 1.807) is 0 Å². The van der Waals surface area contributed by atoms with Crippen molar-refractivity contribution in [2.24, 2.45) is 34.5 Å². The molecule has 25 atom stereocenters. The number of rotatable bonds is 7. The first-order valence-electron chi connectivity index (χ1n) is 22.9. The lowest BCUT2D eigenvalue weighted by atomic mass is 9.44. The summed E-state index contributed by atoms with van der Waals surface area (Å²) in [7, 11) is 0. The molecule has 8 fully saturated rings. The Balaban J connectivity index is 0.954. The molecule has 62 heavy (non-hydrogen) atoms. The molecule has 0 aromatic rings. The maximum atomic E-state index is 13.0. The second-order valence-corrected chi connectivity index (χ2v) is 20.9. The lowest BCUT2D eigenvalue weighted by Gasteiger charge is -2.63. The first-order valence-corrected chi connectivity index (χ1v) is 22.9. The number of hydrogen-bond donors (Lipinski definition) is 10. The van der Waals surface area contributed by atoms with Gasteiger partial charge in [0.05, 0.1) is 43.7 Å². The van der Waals surface area contributed by atoms with Gasteiger partial charge in [0, 0.05) is 24.2 Å². The van der Waals surface area contributed by atoms with Gasteiger partial charge in [0.2, 0.25) is 0 Å². The molecule has 0 amide bonds. The fourth-order valence-corrected chi connectivity index (χ4v) is 13.6. The molecule has 9 rings (SSSR count).